The smallest absolute Gasteiger partial charge is 0.270 e. The molecule has 5 rings (SSSR count). The van der Waals surface area contributed by atoms with Crippen molar-refractivity contribution >= 4 is 22.6 Å². The molecule has 0 radical (unpaired) electrons. The molecule has 156 valence electrons. The Bertz CT molecular complexity index is 1210. The van der Waals surface area contributed by atoms with Crippen molar-refractivity contribution in [3.8, 4) is 17.1 Å². The van der Waals surface area contributed by atoms with Crippen LogP contribution in [-0.4, -0.2) is 59.0 Å². The highest BCUT2D eigenvalue weighted by Crippen LogP contribution is 2.23. The maximum absolute atomic E-state index is 13.0. The van der Waals surface area contributed by atoms with Crippen LogP contribution in [0.4, 0.5) is 5.82 Å². The molecule has 0 unspecified atom stereocenters. The molecule has 1 aliphatic heterocycles. The van der Waals surface area contributed by atoms with Crippen LogP contribution in [0.5, 0.6) is 5.75 Å². The van der Waals surface area contributed by atoms with Gasteiger partial charge in [0.25, 0.3) is 5.91 Å². The van der Waals surface area contributed by atoms with Crippen LogP contribution < -0.4 is 9.64 Å². The minimum Gasteiger partial charge on any atom is -0.497 e. The van der Waals surface area contributed by atoms with Gasteiger partial charge in [-0.1, -0.05) is 30.3 Å². The maximum Gasteiger partial charge on any atom is 0.270 e. The van der Waals surface area contributed by atoms with Gasteiger partial charge in [0.05, 0.1) is 7.11 Å². The number of nitrogens with one attached hydrogen (secondary N) is 1. The third-order valence-electron chi connectivity index (χ3n) is 5.62. The molecule has 0 bridgehead atoms. The van der Waals surface area contributed by atoms with Gasteiger partial charge in [-0.05, 0) is 24.3 Å². The number of aromatic nitrogens is 3. The number of H-pyrrole nitrogens is 1. The molecule has 1 fully saturated rings. The molecule has 0 spiro atoms. The van der Waals surface area contributed by atoms with Crippen LogP contribution in [0, 0.1) is 0 Å². The molecule has 2 aromatic heterocycles. The van der Waals surface area contributed by atoms with Crippen LogP contribution in [0.15, 0.2) is 66.9 Å². The lowest BCUT2D eigenvalue weighted by Crippen LogP contribution is -2.49. The first-order valence-corrected chi connectivity index (χ1v) is 10.3. The zero-order valence-electron chi connectivity index (χ0n) is 17.3. The highest BCUT2D eigenvalue weighted by atomic mass is 16.5. The number of fused-ring (bicyclic) bond motifs is 1. The fraction of sp³-hybridized carbons (Fsp3) is 0.208. The van der Waals surface area contributed by atoms with Crippen LogP contribution in [0.25, 0.3) is 22.3 Å². The van der Waals surface area contributed by atoms with E-state index in [1.807, 2.05) is 65.6 Å². The Kier molecular flexibility index (Phi) is 5.00. The van der Waals surface area contributed by atoms with E-state index in [0.717, 1.165) is 41.1 Å². The summed E-state index contributed by atoms with van der Waals surface area (Å²) in [6.07, 6.45) is 1.79. The lowest BCUT2D eigenvalue weighted by atomic mass is 10.2. The molecule has 1 amide bonds. The summed E-state index contributed by atoms with van der Waals surface area (Å²) in [6, 6.07) is 19.5. The average molecular weight is 413 g/mol. The number of ether oxygens (including phenoxy) is 1. The van der Waals surface area contributed by atoms with Crippen molar-refractivity contribution in [2.24, 2.45) is 0 Å². The summed E-state index contributed by atoms with van der Waals surface area (Å²) in [7, 11) is 1.64. The third-order valence-corrected chi connectivity index (χ3v) is 5.62. The summed E-state index contributed by atoms with van der Waals surface area (Å²) in [5, 5.41) is 0.997. The van der Waals surface area contributed by atoms with Crippen molar-refractivity contribution in [2.75, 3.05) is 38.2 Å². The Labute approximate surface area is 180 Å². The Morgan fingerprint density at radius 1 is 1.00 bits per heavy atom. The molecule has 7 heteroatoms. The first-order valence-electron chi connectivity index (χ1n) is 10.3. The van der Waals surface area contributed by atoms with Gasteiger partial charge in [0.15, 0.2) is 5.82 Å². The predicted octanol–water partition coefficient (Wildman–Crippen LogP) is 3.60. The molecule has 31 heavy (non-hydrogen) atoms. The molecule has 2 aromatic carbocycles. The van der Waals surface area contributed by atoms with Gasteiger partial charge in [0, 0.05) is 54.9 Å². The van der Waals surface area contributed by atoms with E-state index in [2.05, 4.69) is 14.9 Å². The van der Waals surface area contributed by atoms with Crippen LogP contribution in [0.2, 0.25) is 0 Å². The summed E-state index contributed by atoms with van der Waals surface area (Å²) in [6.45, 7) is 2.74. The lowest BCUT2D eigenvalue weighted by molar-refractivity contribution is 0.0741. The SMILES string of the molecule is COc1ccc2cc(C(=O)N3CCN(c4ccnc(-c5ccccc5)n4)CC3)[nH]c2c1. The highest BCUT2D eigenvalue weighted by Gasteiger charge is 2.24. The van der Waals surface area contributed by atoms with Gasteiger partial charge in [-0.15, -0.1) is 0 Å². The van der Waals surface area contributed by atoms with Crippen LogP contribution in [0.3, 0.4) is 0 Å². The quantitative estimate of drug-likeness (QED) is 0.553. The van der Waals surface area contributed by atoms with Gasteiger partial charge in [-0.3, -0.25) is 4.79 Å². The number of piperazine rings is 1. The first kappa shape index (κ1) is 19.1. The lowest BCUT2D eigenvalue weighted by Gasteiger charge is -2.35. The second-order valence-electron chi connectivity index (χ2n) is 7.52. The number of anilines is 1. The molecule has 4 aromatic rings. The zero-order valence-corrected chi connectivity index (χ0v) is 17.3. The van der Waals surface area contributed by atoms with E-state index >= 15 is 0 Å². The molecule has 3 heterocycles. The van der Waals surface area contributed by atoms with E-state index in [-0.39, 0.29) is 5.91 Å². The largest absolute Gasteiger partial charge is 0.497 e. The first-order chi connectivity index (χ1) is 15.2. The van der Waals surface area contributed by atoms with Crippen molar-refractivity contribution in [1.82, 2.24) is 19.9 Å². The molecular weight excluding hydrogens is 390 g/mol. The summed E-state index contributed by atoms with van der Waals surface area (Å²) in [5.41, 5.74) is 2.49. The van der Waals surface area contributed by atoms with Crippen molar-refractivity contribution in [1.29, 1.82) is 0 Å². The highest BCUT2D eigenvalue weighted by molar-refractivity contribution is 5.98. The molecule has 0 saturated carbocycles. The van der Waals surface area contributed by atoms with E-state index < -0.39 is 0 Å². The summed E-state index contributed by atoms with van der Waals surface area (Å²) in [4.78, 5) is 29.5. The Balaban J connectivity index is 1.28. The summed E-state index contributed by atoms with van der Waals surface area (Å²) < 4.78 is 5.27. The van der Waals surface area contributed by atoms with E-state index in [9.17, 15) is 4.79 Å². The number of hydrogen-bond donors (Lipinski definition) is 1. The minimum absolute atomic E-state index is 0.0162. The number of amides is 1. The van der Waals surface area contributed by atoms with E-state index in [1.54, 1.807) is 13.3 Å². The van der Waals surface area contributed by atoms with Crippen molar-refractivity contribution in [3.63, 3.8) is 0 Å². The van der Waals surface area contributed by atoms with Gasteiger partial charge in [0.2, 0.25) is 0 Å². The van der Waals surface area contributed by atoms with Gasteiger partial charge in [-0.25, -0.2) is 9.97 Å². The molecule has 1 saturated heterocycles. The number of nitrogens with zero attached hydrogens (tertiary/aromatic N) is 4. The van der Waals surface area contributed by atoms with Gasteiger partial charge in [-0.2, -0.15) is 0 Å². The zero-order chi connectivity index (χ0) is 21.2. The van der Waals surface area contributed by atoms with E-state index in [0.29, 0.717) is 24.6 Å². The second-order valence-corrected chi connectivity index (χ2v) is 7.52. The number of carbonyl (C=O) groups is 1. The van der Waals surface area contributed by atoms with Gasteiger partial charge in [0.1, 0.15) is 17.3 Å². The number of rotatable bonds is 4. The fourth-order valence-electron chi connectivity index (χ4n) is 3.91. The molecule has 1 aliphatic rings. The normalized spacial score (nSPS) is 14.1. The molecule has 7 nitrogen and oxygen atoms in total. The van der Waals surface area contributed by atoms with Crippen molar-refractivity contribution < 1.29 is 9.53 Å². The Morgan fingerprint density at radius 3 is 2.58 bits per heavy atom. The standard InChI is InChI=1S/C24H23N5O2/c1-31-19-8-7-18-15-21(26-20(18)16-19)24(30)29-13-11-28(12-14-29)22-9-10-25-23(27-22)17-5-3-2-4-6-17/h2-10,15-16,26H,11-14H2,1H3. The fourth-order valence-corrected chi connectivity index (χ4v) is 3.91. The topological polar surface area (TPSA) is 74.3 Å². The third kappa shape index (κ3) is 3.82. The van der Waals surface area contributed by atoms with Crippen LogP contribution >= 0.6 is 0 Å². The number of methoxy groups -OCH3 is 1. The number of carbonyl (C=O) groups excluding carboxylic acids is 1. The average Bonchev–Trinajstić information content (AvgIpc) is 3.27. The number of benzene rings is 2. The molecule has 0 atom stereocenters. The number of hydrogen-bond acceptors (Lipinski definition) is 5. The van der Waals surface area contributed by atoms with E-state index in [1.165, 1.54) is 0 Å². The summed E-state index contributed by atoms with van der Waals surface area (Å²) >= 11 is 0. The Hall–Kier alpha value is -3.87. The Morgan fingerprint density at radius 2 is 1.81 bits per heavy atom. The van der Waals surface area contributed by atoms with Crippen molar-refractivity contribution in [3.05, 3.63) is 72.6 Å². The summed E-state index contributed by atoms with van der Waals surface area (Å²) in [5.74, 6) is 2.38. The predicted molar refractivity (Wildman–Crippen MR) is 120 cm³/mol. The minimum atomic E-state index is 0.0162. The van der Waals surface area contributed by atoms with Gasteiger partial charge < -0.3 is 19.5 Å². The van der Waals surface area contributed by atoms with Crippen LogP contribution in [-0.2, 0) is 0 Å². The van der Waals surface area contributed by atoms with Gasteiger partial charge >= 0.3 is 0 Å². The van der Waals surface area contributed by atoms with E-state index in [4.69, 9.17) is 9.72 Å². The monoisotopic (exact) mass is 413 g/mol. The maximum atomic E-state index is 13.0. The molecule has 0 aliphatic carbocycles. The van der Waals surface area contributed by atoms with Crippen LogP contribution in [0.1, 0.15) is 10.5 Å². The van der Waals surface area contributed by atoms with Crippen molar-refractivity contribution in [2.45, 2.75) is 0 Å². The molecule has 1 N–H and O–H groups in total. The second kappa shape index (κ2) is 8.10. The number of aromatic amines is 1. The molecular formula is C24H23N5O2.